The largest absolute Gasteiger partial charge is 0.462 e. The van der Waals surface area contributed by atoms with Crippen LogP contribution in [0.4, 0.5) is 5.69 Å². The van der Waals surface area contributed by atoms with Crippen LogP contribution in [-0.4, -0.2) is 29.5 Å². The van der Waals surface area contributed by atoms with Gasteiger partial charge in [-0.05, 0) is 25.1 Å². The number of ketones is 1. The predicted molar refractivity (Wildman–Crippen MR) is 98.1 cm³/mol. The number of esters is 1. The van der Waals surface area contributed by atoms with Gasteiger partial charge in [0.15, 0.2) is 5.78 Å². The lowest BCUT2D eigenvalue weighted by atomic mass is 10.1. The Bertz CT molecular complexity index is 928. The highest BCUT2D eigenvalue weighted by molar-refractivity contribution is 6.10. The summed E-state index contributed by atoms with van der Waals surface area (Å²) in [4.78, 5) is 24.7. The lowest BCUT2D eigenvalue weighted by Crippen LogP contribution is -2.16. The van der Waals surface area contributed by atoms with Crippen LogP contribution in [0.25, 0.3) is 10.9 Å². The highest BCUT2D eigenvalue weighted by atomic mass is 16.5. The minimum Gasteiger partial charge on any atom is -0.462 e. The van der Waals surface area contributed by atoms with Crippen molar-refractivity contribution in [2.24, 2.45) is 7.05 Å². The Labute approximate surface area is 146 Å². The Morgan fingerprint density at radius 2 is 1.76 bits per heavy atom. The molecule has 1 aromatic heterocycles. The van der Waals surface area contributed by atoms with Gasteiger partial charge in [-0.3, -0.25) is 4.79 Å². The van der Waals surface area contributed by atoms with Crippen molar-refractivity contribution in [3.63, 3.8) is 0 Å². The molecule has 3 rings (SSSR count). The van der Waals surface area contributed by atoms with Gasteiger partial charge in [-0.1, -0.05) is 30.3 Å². The van der Waals surface area contributed by atoms with Crippen LogP contribution in [0.2, 0.25) is 0 Å². The Kier molecular flexibility index (Phi) is 4.84. The summed E-state index contributed by atoms with van der Waals surface area (Å²) in [6, 6.07) is 14.8. The molecule has 0 unspecified atom stereocenters. The number of fused-ring (bicyclic) bond motifs is 1. The van der Waals surface area contributed by atoms with Crippen LogP contribution in [0, 0.1) is 0 Å². The molecule has 0 saturated carbocycles. The number of Topliss-reactive ketones (excluding diaryl/α,β-unsaturated/α-hetero) is 1. The van der Waals surface area contributed by atoms with Gasteiger partial charge in [0.05, 0.1) is 18.7 Å². The molecule has 5 heteroatoms. The molecule has 128 valence electrons. The van der Waals surface area contributed by atoms with Crippen LogP contribution in [0.3, 0.4) is 0 Å². The van der Waals surface area contributed by atoms with Gasteiger partial charge in [0, 0.05) is 35.4 Å². The summed E-state index contributed by atoms with van der Waals surface area (Å²) in [5.41, 5.74) is 2.70. The first-order chi connectivity index (χ1) is 12.1. The number of para-hydroxylation sites is 2. The molecule has 0 atom stereocenters. The van der Waals surface area contributed by atoms with E-state index < -0.39 is 5.97 Å². The fraction of sp³-hybridized carbons (Fsp3) is 0.200. The molecule has 0 spiro atoms. The van der Waals surface area contributed by atoms with Crippen LogP contribution in [0.15, 0.2) is 54.7 Å². The zero-order chi connectivity index (χ0) is 17.8. The van der Waals surface area contributed by atoms with E-state index in [0.717, 1.165) is 10.9 Å². The van der Waals surface area contributed by atoms with Crippen LogP contribution in [0.5, 0.6) is 0 Å². The molecule has 0 radical (unpaired) electrons. The lowest BCUT2D eigenvalue weighted by Gasteiger charge is -2.10. The number of nitrogens with zero attached hydrogens (tertiary/aromatic N) is 1. The summed E-state index contributed by atoms with van der Waals surface area (Å²) < 4.78 is 6.99. The average Bonchev–Trinajstić information content (AvgIpc) is 2.97. The first-order valence-corrected chi connectivity index (χ1v) is 8.19. The molecule has 2 aromatic carbocycles. The highest BCUT2D eigenvalue weighted by Gasteiger charge is 2.16. The zero-order valence-electron chi connectivity index (χ0n) is 14.3. The van der Waals surface area contributed by atoms with Crippen LogP contribution < -0.4 is 5.32 Å². The lowest BCUT2D eigenvalue weighted by molar-refractivity contribution is 0.0527. The quantitative estimate of drug-likeness (QED) is 0.551. The third-order valence-electron chi connectivity index (χ3n) is 4.06. The van der Waals surface area contributed by atoms with Crippen molar-refractivity contribution in [1.29, 1.82) is 0 Å². The third-order valence-corrected chi connectivity index (χ3v) is 4.06. The van der Waals surface area contributed by atoms with Crippen molar-refractivity contribution in [3.05, 3.63) is 65.9 Å². The number of nitrogens with one attached hydrogen (secondary N) is 1. The number of aryl methyl sites for hydroxylation is 1. The number of aromatic nitrogens is 1. The fourth-order valence-electron chi connectivity index (χ4n) is 2.86. The Hall–Kier alpha value is -3.08. The number of hydrogen-bond donors (Lipinski definition) is 1. The molecule has 0 aliphatic rings. The topological polar surface area (TPSA) is 60.3 Å². The zero-order valence-corrected chi connectivity index (χ0v) is 14.3. The van der Waals surface area contributed by atoms with E-state index >= 15 is 0 Å². The van der Waals surface area contributed by atoms with Crippen molar-refractivity contribution < 1.29 is 14.3 Å². The molecule has 0 saturated heterocycles. The maximum absolute atomic E-state index is 12.7. The summed E-state index contributed by atoms with van der Waals surface area (Å²) in [5.74, 6) is -0.432. The van der Waals surface area contributed by atoms with Crippen LogP contribution in [0.1, 0.15) is 27.6 Å². The molecule has 1 N–H and O–H groups in total. The molecule has 0 aliphatic heterocycles. The van der Waals surface area contributed by atoms with Gasteiger partial charge in [-0.25, -0.2) is 4.79 Å². The maximum Gasteiger partial charge on any atom is 0.340 e. The summed E-state index contributed by atoms with van der Waals surface area (Å²) >= 11 is 0. The molecule has 1 heterocycles. The second kappa shape index (κ2) is 7.21. The van der Waals surface area contributed by atoms with Crippen LogP contribution >= 0.6 is 0 Å². The fourth-order valence-corrected chi connectivity index (χ4v) is 2.86. The molecule has 0 fully saturated rings. The molecule has 0 amide bonds. The summed E-state index contributed by atoms with van der Waals surface area (Å²) in [5, 5.41) is 3.99. The number of anilines is 1. The molecule has 3 aromatic rings. The van der Waals surface area contributed by atoms with E-state index in [1.807, 2.05) is 48.1 Å². The van der Waals surface area contributed by atoms with Gasteiger partial charge >= 0.3 is 5.97 Å². The first-order valence-electron chi connectivity index (χ1n) is 8.19. The molecule has 5 nitrogen and oxygen atoms in total. The van der Waals surface area contributed by atoms with E-state index in [0.29, 0.717) is 23.4 Å². The van der Waals surface area contributed by atoms with Gasteiger partial charge in [-0.2, -0.15) is 0 Å². The van der Waals surface area contributed by atoms with E-state index in [9.17, 15) is 9.59 Å². The van der Waals surface area contributed by atoms with Crippen molar-refractivity contribution in [3.8, 4) is 0 Å². The van der Waals surface area contributed by atoms with E-state index in [1.54, 1.807) is 25.1 Å². The van der Waals surface area contributed by atoms with E-state index in [2.05, 4.69) is 5.32 Å². The normalized spacial score (nSPS) is 10.6. The SMILES string of the molecule is CCOC(=O)c1ccccc1NCC(=O)c1cn(C)c2ccccc12. The molecular formula is C20H20N2O3. The van der Waals surface area contributed by atoms with E-state index in [-0.39, 0.29) is 12.3 Å². The summed E-state index contributed by atoms with van der Waals surface area (Å²) in [6.07, 6.45) is 1.84. The third kappa shape index (κ3) is 3.40. The van der Waals surface area contributed by atoms with Gasteiger partial charge in [-0.15, -0.1) is 0 Å². The molecule has 0 aliphatic carbocycles. The number of ether oxygens (including phenoxy) is 1. The van der Waals surface area contributed by atoms with Crippen LogP contribution in [-0.2, 0) is 11.8 Å². The van der Waals surface area contributed by atoms with Gasteiger partial charge in [0.25, 0.3) is 0 Å². The molecular weight excluding hydrogens is 316 g/mol. The van der Waals surface area contributed by atoms with E-state index in [1.165, 1.54) is 0 Å². The standard InChI is InChI=1S/C20H20N2O3/c1-3-25-20(24)15-9-4-6-10-17(15)21-12-19(23)16-13-22(2)18-11-7-5-8-14(16)18/h4-11,13,21H,3,12H2,1-2H3. The van der Waals surface area contributed by atoms with Gasteiger partial charge in [0.1, 0.15) is 0 Å². The monoisotopic (exact) mass is 336 g/mol. The van der Waals surface area contributed by atoms with Crippen molar-refractivity contribution >= 4 is 28.3 Å². The Morgan fingerprint density at radius 3 is 2.56 bits per heavy atom. The summed E-state index contributed by atoms with van der Waals surface area (Å²) in [7, 11) is 1.92. The van der Waals surface area contributed by atoms with Crippen molar-refractivity contribution in [1.82, 2.24) is 4.57 Å². The number of hydrogen-bond acceptors (Lipinski definition) is 4. The number of benzene rings is 2. The number of carbonyl (C=O) groups excluding carboxylic acids is 2. The van der Waals surface area contributed by atoms with Crippen molar-refractivity contribution in [2.45, 2.75) is 6.92 Å². The molecule has 25 heavy (non-hydrogen) atoms. The Balaban J connectivity index is 1.80. The minimum absolute atomic E-state index is 0.0320. The molecule has 0 bridgehead atoms. The Morgan fingerprint density at radius 1 is 1.04 bits per heavy atom. The van der Waals surface area contributed by atoms with Gasteiger partial charge < -0.3 is 14.6 Å². The second-order valence-electron chi connectivity index (χ2n) is 5.71. The van der Waals surface area contributed by atoms with E-state index in [4.69, 9.17) is 4.74 Å². The second-order valence-corrected chi connectivity index (χ2v) is 5.71. The number of carbonyl (C=O) groups is 2. The van der Waals surface area contributed by atoms with Gasteiger partial charge in [0.2, 0.25) is 0 Å². The maximum atomic E-state index is 12.7. The average molecular weight is 336 g/mol. The smallest absolute Gasteiger partial charge is 0.340 e. The predicted octanol–water partition coefficient (Wildman–Crippen LogP) is 3.65. The minimum atomic E-state index is -0.400. The summed E-state index contributed by atoms with van der Waals surface area (Å²) in [6.45, 7) is 2.17. The highest BCUT2D eigenvalue weighted by Crippen LogP contribution is 2.21. The number of rotatable bonds is 6. The van der Waals surface area contributed by atoms with Crippen molar-refractivity contribution in [2.75, 3.05) is 18.5 Å². The first kappa shape index (κ1) is 16.8.